The average Bonchev–Trinajstić information content (AvgIpc) is 3.34. The second-order valence-electron chi connectivity index (χ2n) is 6.93. The van der Waals surface area contributed by atoms with Crippen LogP contribution >= 0.6 is 0 Å². The van der Waals surface area contributed by atoms with Gasteiger partial charge in [0.2, 0.25) is 0 Å². The first-order valence-corrected chi connectivity index (χ1v) is 9.20. The van der Waals surface area contributed by atoms with Gasteiger partial charge in [-0.05, 0) is 43.3 Å². The number of fused-ring (bicyclic) bond motifs is 1. The summed E-state index contributed by atoms with van der Waals surface area (Å²) < 4.78 is 6.95. The number of hydrogen-bond donors (Lipinski definition) is 1. The molecular weight excluding hydrogens is 368 g/mol. The standard InChI is InChI=1S/C21H22N6O2/c1-13-19-17(21(28)26(2)12-15-9-10-22-24-15)11-18(23-20(19)27(3)25-13)14-5-7-16(29-4)8-6-14/h5-11H,12H2,1-4H3,(H,22,24). The molecule has 0 unspecified atom stereocenters. The van der Waals surface area contributed by atoms with Crippen molar-refractivity contribution in [3.8, 4) is 17.0 Å². The maximum atomic E-state index is 13.3. The Kier molecular flexibility index (Phi) is 4.75. The van der Waals surface area contributed by atoms with E-state index in [1.165, 1.54) is 0 Å². The van der Waals surface area contributed by atoms with Crippen molar-refractivity contribution in [2.75, 3.05) is 14.2 Å². The lowest BCUT2D eigenvalue weighted by molar-refractivity contribution is 0.0785. The third kappa shape index (κ3) is 3.44. The molecule has 8 nitrogen and oxygen atoms in total. The van der Waals surface area contributed by atoms with Crippen molar-refractivity contribution in [1.29, 1.82) is 0 Å². The maximum absolute atomic E-state index is 13.3. The van der Waals surface area contributed by atoms with E-state index in [1.807, 2.05) is 50.4 Å². The zero-order valence-corrected chi connectivity index (χ0v) is 16.8. The number of aryl methyl sites for hydroxylation is 2. The summed E-state index contributed by atoms with van der Waals surface area (Å²) >= 11 is 0. The van der Waals surface area contributed by atoms with E-state index >= 15 is 0 Å². The third-order valence-corrected chi connectivity index (χ3v) is 4.90. The molecule has 0 aliphatic carbocycles. The first kappa shape index (κ1) is 18.7. The summed E-state index contributed by atoms with van der Waals surface area (Å²) in [5.41, 5.74) is 4.50. The van der Waals surface area contributed by atoms with Gasteiger partial charge in [-0.25, -0.2) is 4.98 Å². The Morgan fingerprint density at radius 2 is 2.00 bits per heavy atom. The van der Waals surface area contributed by atoms with Crippen molar-refractivity contribution in [3.63, 3.8) is 0 Å². The molecule has 1 aromatic carbocycles. The van der Waals surface area contributed by atoms with Crippen molar-refractivity contribution in [3.05, 3.63) is 59.5 Å². The molecule has 0 aliphatic rings. The number of aromatic amines is 1. The number of ether oxygens (including phenoxy) is 1. The SMILES string of the molecule is COc1ccc(-c2cc(C(=O)N(C)Cc3ccn[nH]3)c3c(C)nn(C)c3n2)cc1. The number of methoxy groups -OCH3 is 1. The summed E-state index contributed by atoms with van der Waals surface area (Å²) in [5, 5.41) is 12.1. The van der Waals surface area contributed by atoms with Gasteiger partial charge in [0, 0.05) is 25.9 Å². The van der Waals surface area contributed by atoms with Gasteiger partial charge in [-0.1, -0.05) is 0 Å². The molecule has 3 heterocycles. The molecule has 0 bridgehead atoms. The Bertz CT molecular complexity index is 1160. The smallest absolute Gasteiger partial charge is 0.254 e. The quantitative estimate of drug-likeness (QED) is 0.566. The summed E-state index contributed by atoms with van der Waals surface area (Å²) in [6.07, 6.45) is 1.67. The highest BCUT2D eigenvalue weighted by Crippen LogP contribution is 2.28. The fourth-order valence-corrected chi connectivity index (χ4v) is 3.43. The number of hydrogen-bond acceptors (Lipinski definition) is 5. The van der Waals surface area contributed by atoms with Gasteiger partial charge >= 0.3 is 0 Å². The fraction of sp³-hybridized carbons (Fsp3) is 0.238. The second kappa shape index (κ2) is 7.38. The van der Waals surface area contributed by atoms with Crippen LogP contribution in [0.15, 0.2) is 42.6 Å². The summed E-state index contributed by atoms with van der Waals surface area (Å²) in [4.78, 5) is 19.8. The van der Waals surface area contributed by atoms with E-state index in [9.17, 15) is 4.79 Å². The first-order valence-electron chi connectivity index (χ1n) is 9.20. The number of pyridine rings is 1. The van der Waals surface area contributed by atoms with Crippen LogP contribution in [0.4, 0.5) is 0 Å². The van der Waals surface area contributed by atoms with Crippen LogP contribution in [0.1, 0.15) is 21.7 Å². The van der Waals surface area contributed by atoms with Gasteiger partial charge in [-0.2, -0.15) is 10.2 Å². The van der Waals surface area contributed by atoms with Crippen LogP contribution in [-0.2, 0) is 13.6 Å². The fourth-order valence-electron chi connectivity index (χ4n) is 3.43. The lowest BCUT2D eigenvalue weighted by Crippen LogP contribution is -2.26. The third-order valence-electron chi connectivity index (χ3n) is 4.90. The van der Waals surface area contributed by atoms with Crippen molar-refractivity contribution >= 4 is 16.9 Å². The lowest BCUT2D eigenvalue weighted by Gasteiger charge is -2.17. The Hall–Kier alpha value is -3.68. The molecule has 4 aromatic rings. The van der Waals surface area contributed by atoms with E-state index in [2.05, 4.69) is 15.3 Å². The first-order chi connectivity index (χ1) is 14.0. The van der Waals surface area contributed by atoms with Crippen molar-refractivity contribution < 1.29 is 9.53 Å². The molecule has 29 heavy (non-hydrogen) atoms. The van der Waals surface area contributed by atoms with Gasteiger partial charge in [-0.15, -0.1) is 0 Å². The van der Waals surface area contributed by atoms with Crippen LogP contribution in [-0.4, -0.2) is 49.9 Å². The van der Waals surface area contributed by atoms with Gasteiger partial charge < -0.3 is 9.64 Å². The molecule has 0 spiro atoms. The maximum Gasteiger partial charge on any atom is 0.254 e. The number of nitrogens with zero attached hydrogens (tertiary/aromatic N) is 5. The minimum atomic E-state index is -0.0992. The van der Waals surface area contributed by atoms with E-state index in [4.69, 9.17) is 9.72 Å². The van der Waals surface area contributed by atoms with Gasteiger partial charge in [0.15, 0.2) is 5.65 Å². The predicted octanol–water partition coefficient (Wildman–Crippen LogP) is 2.95. The minimum Gasteiger partial charge on any atom is -0.497 e. The van der Waals surface area contributed by atoms with Crippen LogP contribution in [0, 0.1) is 6.92 Å². The summed E-state index contributed by atoms with van der Waals surface area (Å²) in [6.45, 7) is 2.32. The molecule has 8 heteroatoms. The molecule has 3 aromatic heterocycles. The van der Waals surface area contributed by atoms with Crippen LogP contribution < -0.4 is 4.74 Å². The monoisotopic (exact) mass is 390 g/mol. The van der Waals surface area contributed by atoms with Gasteiger partial charge in [0.1, 0.15) is 5.75 Å². The van der Waals surface area contributed by atoms with E-state index in [1.54, 1.807) is 29.9 Å². The van der Waals surface area contributed by atoms with E-state index in [0.717, 1.165) is 28.1 Å². The number of amides is 1. The zero-order chi connectivity index (χ0) is 20.5. The number of rotatable bonds is 5. The van der Waals surface area contributed by atoms with Crippen LogP contribution in [0.25, 0.3) is 22.3 Å². The zero-order valence-electron chi connectivity index (χ0n) is 16.8. The van der Waals surface area contributed by atoms with E-state index in [-0.39, 0.29) is 5.91 Å². The molecule has 0 saturated carbocycles. The Balaban J connectivity index is 1.81. The van der Waals surface area contributed by atoms with Crippen LogP contribution in [0.5, 0.6) is 5.75 Å². The normalized spacial score (nSPS) is 11.0. The van der Waals surface area contributed by atoms with E-state index in [0.29, 0.717) is 23.4 Å². The number of carbonyl (C=O) groups excluding carboxylic acids is 1. The molecule has 1 N–H and O–H groups in total. The number of aromatic nitrogens is 5. The van der Waals surface area contributed by atoms with Gasteiger partial charge in [-0.3, -0.25) is 14.6 Å². The number of H-pyrrole nitrogens is 1. The number of nitrogens with one attached hydrogen (secondary N) is 1. The molecule has 1 amide bonds. The number of benzene rings is 1. The molecule has 0 fully saturated rings. The molecule has 4 rings (SSSR count). The van der Waals surface area contributed by atoms with E-state index < -0.39 is 0 Å². The second-order valence-corrected chi connectivity index (χ2v) is 6.93. The minimum absolute atomic E-state index is 0.0992. The highest BCUT2D eigenvalue weighted by molar-refractivity contribution is 6.07. The Morgan fingerprint density at radius 3 is 2.66 bits per heavy atom. The van der Waals surface area contributed by atoms with Gasteiger partial charge in [0.05, 0.1) is 41.7 Å². The Morgan fingerprint density at radius 1 is 1.24 bits per heavy atom. The summed E-state index contributed by atoms with van der Waals surface area (Å²) in [7, 11) is 5.24. The molecule has 0 radical (unpaired) electrons. The average molecular weight is 390 g/mol. The predicted molar refractivity (Wildman–Crippen MR) is 110 cm³/mol. The highest BCUT2D eigenvalue weighted by atomic mass is 16.5. The number of carbonyl (C=O) groups is 1. The molecule has 0 saturated heterocycles. The topological polar surface area (TPSA) is 88.9 Å². The summed E-state index contributed by atoms with van der Waals surface area (Å²) in [6, 6.07) is 11.3. The Labute approximate surface area is 168 Å². The van der Waals surface area contributed by atoms with Gasteiger partial charge in [0.25, 0.3) is 5.91 Å². The lowest BCUT2D eigenvalue weighted by atomic mass is 10.0. The van der Waals surface area contributed by atoms with Crippen LogP contribution in [0.2, 0.25) is 0 Å². The highest BCUT2D eigenvalue weighted by Gasteiger charge is 2.22. The molecule has 148 valence electrons. The van der Waals surface area contributed by atoms with Crippen molar-refractivity contribution in [2.45, 2.75) is 13.5 Å². The molecular formula is C21H22N6O2. The summed E-state index contributed by atoms with van der Waals surface area (Å²) in [5.74, 6) is 0.666. The van der Waals surface area contributed by atoms with Crippen LogP contribution in [0.3, 0.4) is 0 Å². The van der Waals surface area contributed by atoms with Crippen molar-refractivity contribution in [1.82, 2.24) is 29.9 Å². The molecule has 0 aliphatic heterocycles. The van der Waals surface area contributed by atoms with Crippen molar-refractivity contribution in [2.24, 2.45) is 7.05 Å². The largest absolute Gasteiger partial charge is 0.497 e. The molecule has 0 atom stereocenters.